The maximum absolute atomic E-state index is 11.1. The van der Waals surface area contributed by atoms with Gasteiger partial charge < -0.3 is 14.2 Å². The lowest BCUT2D eigenvalue weighted by Gasteiger charge is -2.12. The van der Waals surface area contributed by atoms with Gasteiger partial charge in [0.2, 0.25) is 0 Å². The first-order valence-electron chi connectivity index (χ1n) is 6.10. The molecule has 0 spiro atoms. The van der Waals surface area contributed by atoms with Gasteiger partial charge >= 0.3 is 5.97 Å². The van der Waals surface area contributed by atoms with E-state index in [0.717, 1.165) is 0 Å². The molecule has 1 unspecified atom stereocenters. The van der Waals surface area contributed by atoms with Crippen LogP contribution >= 0.6 is 0 Å². The van der Waals surface area contributed by atoms with E-state index in [9.17, 15) is 14.9 Å². The van der Waals surface area contributed by atoms with E-state index in [1.807, 2.05) is 0 Å². The number of hydrogen-bond donors (Lipinski definition) is 0. The van der Waals surface area contributed by atoms with Crippen LogP contribution in [0.3, 0.4) is 0 Å². The number of methoxy groups -OCH3 is 2. The number of nitro groups is 1. The summed E-state index contributed by atoms with van der Waals surface area (Å²) in [6, 6.07) is 2.92. The minimum atomic E-state index is -0.463. The summed E-state index contributed by atoms with van der Waals surface area (Å²) in [6.07, 6.45) is 0.675. The van der Waals surface area contributed by atoms with E-state index in [1.54, 1.807) is 6.07 Å². The highest BCUT2D eigenvalue weighted by molar-refractivity contribution is 5.71. The lowest BCUT2D eigenvalue weighted by molar-refractivity contribution is -0.385. The van der Waals surface area contributed by atoms with E-state index in [2.05, 4.69) is 0 Å². The molecule has 1 saturated heterocycles. The smallest absolute Gasteiger partial charge is 0.306 e. The fraction of sp³-hybridized carbons (Fsp3) is 0.462. The summed E-state index contributed by atoms with van der Waals surface area (Å²) in [5.41, 5.74) is 0.470. The van der Waals surface area contributed by atoms with Crippen molar-refractivity contribution in [2.24, 2.45) is 5.92 Å². The van der Waals surface area contributed by atoms with Crippen molar-refractivity contribution in [1.82, 2.24) is 0 Å². The number of hydrogen-bond acceptors (Lipinski definition) is 6. The standard InChI is InChI=1S/C13H15NO6/c1-18-11-5-9(3-8-4-13(15)20-7-8)10(14(16)17)6-12(11)19-2/h5-6,8H,3-4,7H2,1-2H3. The predicted molar refractivity (Wildman–Crippen MR) is 69.0 cm³/mol. The number of carbonyl (C=O) groups is 1. The topological polar surface area (TPSA) is 87.9 Å². The summed E-state index contributed by atoms with van der Waals surface area (Å²) < 4.78 is 15.1. The van der Waals surface area contributed by atoms with Crippen LogP contribution in [0.4, 0.5) is 5.69 Å². The van der Waals surface area contributed by atoms with Crippen molar-refractivity contribution in [3.63, 3.8) is 0 Å². The van der Waals surface area contributed by atoms with Gasteiger partial charge in [-0.2, -0.15) is 0 Å². The molecule has 0 saturated carbocycles. The molecule has 20 heavy (non-hydrogen) atoms. The fourth-order valence-electron chi connectivity index (χ4n) is 2.25. The Morgan fingerprint density at radius 1 is 1.35 bits per heavy atom. The van der Waals surface area contributed by atoms with Crippen LogP contribution in [0, 0.1) is 16.0 Å². The van der Waals surface area contributed by atoms with E-state index in [4.69, 9.17) is 14.2 Å². The molecule has 0 aliphatic carbocycles. The number of esters is 1. The van der Waals surface area contributed by atoms with Crippen LogP contribution in [0.1, 0.15) is 12.0 Å². The maximum atomic E-state index is 11.1. The van der Waals surface area contributed by atoms with E-state index < -0.39 is 4.92 Å². The highest BCUT2D eigenvalue weighted by Gasteiger charge is 2.28. The van der Waals surface area contributed by atoms with Crippen molar-refractivity contribution in [3.05, 3.63) is 27.8 Å². The summed E-state index contributed by atoms with van der Waals surface area (Å²) >= 11 is 0. The number of cyclic esters (lactones) is 1. The van der Waals surface area contributed by atoms with Gasteiger partial charge in [0.1, 0.15) is 0 Å². The first kappa shape index (κ1) is 14.1. The quantitative estimate of drug-likeness (QED) is 0.464. The normalized spacial score (nSPS) is 17.7. The van der Waals surface area contributed by atoms with Gasteiger partial charge in [-0.05, 0) is 12.5 Å². The molecule has 7 nitrogen and oxygen atoms in total. The van der Waals surface area contributed by atoms with E-state index in [0.29, 0.717) is 30.1 Å². The highest BCUT2D eigenvalue weighted by atomic mass is 16.6. The average Bonchev–Trinajstić information content (AvgIpc) is 2.83. The summed E-state index contributed by atoms with van der Waals surface area (Å²) in [4.78, 5) is 21.8. The minimum Gasteiger partial charge on any atom is -0.493 e. The summed E-state index contributed by atoms with van der Waals surface area (Å²) in [5, 5.41) is 11.1. The van der Waals surface area contributed by atoms with Crippen molar-refractivity contribution in [2.45, 2.75) is 12.8 Å². The number of ether oxygens (including phenoxy) is 3. The third-order valence-electron chi connectivity index (χ3n) is 3.23. The van der Waals surface area contributed by atoms with Gasteiger partial charge in [-0.3, -0.25) is 14.9 Å². The lowest BCUT2D eigenvalue weighted by atomic mass is 9.97. The van der Waals surface area contributed by atoms with Crippen LogP contribution in [-0.2, 0) is 16.0 Å². The van der Waals surface area contributed by atoms with Crippen LogP contribution in [0.2, 0.25) is 0 Å². The third kappa shape index (κ3) is 2.81. The number of nitrogens with zero attached hydrogens (tertiary/aromatic N) is 1. The van der Waals surface area contributed by atoms with Gasteiger partial charge in [0.25, 0.3) is 5.69 Å². The second kappa shape index (κ2) is 5.77. The Morgan fingerprint density at radius 2 is 2.00 bits per heavy atom. The Labute approximate surface area is 115 Å². The summed E-state index contributed by atoms with van der Waals surface area (Å²) in [6.45, 7) is 0.296. The van der Waals surface area contributed by atoms with E-state index in [-0.39, 0.29) is 24.0 Å². The molecule has 1 fully saturated rings. The molecule has 2 rings (SSSR count). The average molecular weight is 281 g/mol. The first-order valence-corrected chi connectivity index (χ1v) is 6.10. The number of benzene rings is 1. The van der Waals surface area contributed by atoms with Crippen LogP contribution in [0.5, 0.6) is 11.5 Å². The molecule has 0 amide bonds. The number of rotatable bonds is 5. The Balaban J connectivity index is 2.34. The van der Waals surface area contributed by atoms with Crippen molar-refractivity contribution >= 4 is 11.7 Å². The lowest BCUT2D eigenvalue weighted by Crippen LogP contribution is -2.07. The summed E-state index contributed by atoms with van der Waals surface area (Å²) in [7, 11) is 2.89. The zero-order chi connectivity index (χ0) is 14.7. The van der Waals surface area contributed by atoms with Gasteiger partial charge in [0.05, 0.1) is 38.2 Å². The second-order valence-corrected chi connectivity index (χ2v) is 4.55. The molecule has 108 valence electrons. The van der Waals surface area contributed by atoms with Crippen molar-refractivity contribution in [1.29, 1.82) is 0 Å². The van der Waals surface area contributed by atoms with E-state index in [1.165, 1.54) is 20.3 Å². The molecular weight excluding hydrogens is 266 g/mol. The maximum Gasteiger partial charge on any atom is 0.306 e. The predicted octanol–water partition coefficient (Wildman–Crippen LogP) is 1.72. The largest absolute Gasteiger partial charge is 0.493 e. The Kier molecular flexibility index (Phi) is 4.07. The van der Waals surface area contributed by atoms with Crippen molar-refractivity contribution in [3.8, 4) is 11.5 Å². The zero-order valence-electron chi connectivity index (χ0n) is 11.3. The van der Waals surface area contributed by atoms with Gasteiger partial charge in [-0.25, -0.2) is 0 Å². The van der Waals surface area contributed by atoms with Crippen molar-refractivity contribution in [2.75, 3.05) is 20.8 Å². The Bertz CT molecular complexity index is 542. The van der Waals surface area contributed by atoms with Gasteiger partial charge in [-0.1, -0.05) is 0 Å². The third-order valence-corrected chi connectivity index (χ3v) is 3.23. The zero-order valence-corrected chi connectivity index (χ0v) is 11.3. The Hall–Kier alpha value is -2.31. The summed E-state index contributed by atoms with van der Waals surface area (Å²) in [5.74, 6) is 0.428. The number of nitro benzene ring substituents is 1. The monoisotopic (exact) mass is 281 g/mol. The SMILES string of the molecule is COc1cc(CC2COC(=O)C2)c([N+](=O)[O-])cc1OC. The van der Waals surface area contributed by atoms with Gasteiger partial charge in [0, 0.05) is 11.5 Å². The molecule has 1 aliphatic rings. The molecule has 0 aromatic heterocycles. The number of carbonyl (C=O) groups excluding carboxylic acids is 1. The van der Waals surface area contributed by atoms with E-state index >= 15 is 0 Å². The fourth-order valence-corrected chi connectivity index (χ4v) is 2.25. The van der Waals surface area contributed by atoms with Gasteiger partial charge in [0.15, 0.2) is 11.5 Å². The second-order valence-electron chi connectivity index (χ2n) is 4.55. The molecule has 0 radical (unpaired) electrons. The molecule has 1 aromatic rings. The van der Waals surface area contributed by atoms with Crippen LogP contribution < -0.4 is 9.47 Å². The van der Waals surface area contributed by atoms with Crippen LogP contribution in [0.15, 0.2) is 12.1 Å². The molecule has 0 N–H and O–H groups in total. The molecule has 0 bridgehead atoms. The van der Waals surface area contributed by atoms with Crippen molar-refractivity contribution < 1.29 is 23.9 Å². The first-order chi connectivity index (χ1) is 9.55. The molecule has 1 atom stereocenters. The Morgan fingerprint density at radius 3 is 2.50 bits per heavy atom. The molecular formula is C13H15NO6. The molecule has 7 heteroatoms. The highest BCUT2D eigenvalue weighted by Crippen LogP contribution is 2.36. The van der Waals surface area contributed by atoms with Crippen LogP contribution in [0.25, 0.3) is 0 Å². The van der Waals surface area contributed by atoms with Crippen LogP contribution in [-0.4, -0.2) is 31.7 Å². The minimum absolute atomic E-state index is 0.0398. The van der Waals surface area contributed by atoms with Gasteiger partial charge in [-0.15, -0.1) is 0 Å². The molecule has 1 heterocycles. The molecule has 1 aromatic carbocycles. The molecule has 1 aliphatic heterocycles.